The lowest BCUT2D eigenvalue weighted by Crippen LogP contribution is -2.35. The molecule has 0 aliphatic heterocycles. The summed E-state index contributed by atoms with van der Waals surface area (Å²) in [4.78, 5) is 32.1. The van der Waals surface area contributed by atoms with E-state index in [-0.39, 0.29) is 18.4 Å². The summed E-state index contributed by atoms with van der Waals surface area (Å²) in [7, 11) is 0. The predicted octanol–water partition coefficient (Wildman–Crippen LogP) is 4.49. The molecule has 0 fully saturated rings. The van der Waals surface area contributed by atoms with Crippen LogP contribution in [0.1, 0.15) is 29.1 Å². The van der Waals surface area contributed by atoms with E-state index in [1.807, 2.05) is 47.9 Å². The third-order valence-corrected chi connectivity index (χ3v) is 5.34. The number of hydrogen-bond donors (Lipinski definition) is 1. The van der Waals surface area contributed by atoms with Crippen LogP contribution < -0.4 is 5.32 Å². The third kappa shape index (κ3) is 5.30. The molecule has 1 unspecified atom stereocenters. The van der Waals surface area contributed by atoms with E-state index in [1.54, 1.807) is 29.2 Å². The number of para-hydroxylation sites is 2. The number of imidazole rings is 1. The van der Waals surface area contributed by atoms with Gasteiger partial charge in [-0.1, -0.05) is 46.3 Å². The summed E-state index contributed by atoms with van der Waals surface area (Å²) in [5, 5.41) is 2.99. The molecule has 1 heterocycles. The van der Waals surface area contributed by atoms with E-state index in [0.29, 0.717) is 24.5 Å². The number of hydrogen-bond acceptors (Lipinski definition) is 3. The summed E-state index contributed by atoms with van der Waals surface area (Å²) < 4.78 is 2.69. The maximum Gasteiger partial charge on any atom is 0.251 e. The highest BCUT2D eigenvalue weighted by molar-refractivity contribution is 9.10. The fraction of sp³-hybridized carbons (Fsp3) is 0.208. The number of fused-ring (bicyclic) bond motifs is 1. The minimum Gasteiger partial charge on any atom is -0.342 e. The molecule has 1 atom stereocenters. The van der Waals surface area contributed by atoms with Crippen LogP contribution in [0.2, 0.25) is 0 Å². The lowest BCUT2D eigenvalue weighted by molar-refractivity contribution is -0.130. The number of nitrogens with zero attached hydrogens (tertiary/aromatic N) is 3. The van der Waals surface area contributed by atoms with Crippen molar-refractivity contribution in [2.24, 2.45) is 0 Å². The van der Waals surface area contributed by atoms with Crippen LogP contribution in [0.25, 0.3) is 11.0 Å². The predicted molar refractivity (Wildman–Crippen MR) is 127 cm³/mol. The first-order valence-corrected chi connectivity index (χ1v) is 10.7. The number of amides is 2. The summed E-state index contributed by atoms with van der Waals surface area (Å²) >= 11 is 3.39. The molecule has 0 saturated carbocycles. The maximum atomic E-state index is 13.0. The second-order valence-electron chi connectivity index (χ2n) is 7.13. The SMILES string of the molecule is C=CCN(CC=C)C(=O)Cn1c(C(C)NC(=O)c2cccc(Br)c2)nc2ccccc21. The zero-order valence-corrected chi connectivity index (χ0v) is 19.0. The number of rotatable bonds is 9. The molecule has 0 bridgehead atoms. The van der Waals surface area contributed by atoms with Crippen molar-refractivity contribution in [1.29, 1.82) is 0 Å². The Morgan fingerprint density at radius 3 is 2.55 bits per heavy atom. The minimum absolute atomic E-state index is 0.0743. The molecule has 0 aliphatic rings. The molecule has 2 aromatic carbocycles. The van der Waals surface area contributed by atoms with Gasteiger partial charge in [0.15, 0.2) is 0 Å². The highest BCUT2D eigenvalue weighted by Crippen LogP contribution is 2.22. The maximum absolute atomic E-state index is 13.0. The van der Waals surface area contributed by atoms with Crippen molar-refractivity contribution in [2.75, 3.05) is 13.1 Å². The zero-order valence-electron chi connectivity index (χ0n) is 17.4. The summed E-state index contributed by atoms with van der Waals surface area (Å²) in [5.74, 6) is 0.337. The number of nitrogens with one attached hydrogen (secondary N) is 1. The Morgan fingerprint density at radius 2 is 1.87 bits per heavy atom. The van der Waals surface area contributed by atoms with E-state index in [0.717, 1.165) is 15.5 Å². The van der Waals surface area contributed by atoms with E-state index >= 15 is 0 Å². The van der Waals surface area contributed by atoms with Gasteiger partial charge in [-0.25, -0.2) is 4.98 Å². The van der Waals surface area contributed by atoms with Crippen molar-refractivity contribution in [3.63, 3.8) is 0 Å². The monoisotopic (exact) mass is 480 g/mol. The minimum atomic E-state index is -0.404. The van der Waals surface area contributed by atoms with Gasteiger partial charge in [0.05, 0.1) is 17.1 Å². The van der Waals surface area contributed by atoms with Crippen LogP contribution in [-0.2, 0) is 11.3 Å². The molecule has 1 N–H and O–H groups in total. The van der Waals surface area contributed by atoms with E-state index in [4.69, 9.17) is 4.98 Å². The van der Waals surface area contributed by atoms with Crippen LogP contribution >= 0.6 is 15.9 Å². The van der Waals surface area contributed by atoms with Crippen molar-refractivity contribution >= 4 is 38.8 Å². The average molecular weight is 481 g/mol. The summed E-state index contributed by atoms with van der Waals surface area (Å²) in [5.41, 5.74) is 2.16. The topological polar surface area (TPSA) is 67.2 Å². The molecule has 160 valence electrons. The molecular formula is C24H25BrN4O2. The number of carbonyl (C=O) groups is 2. The number of halogens is 1. The first-order chi connectivity index (χ1) is 14.9. The van der Waals surface area contributed by atoms with Gasteiger partial charge in [0, 0.05) is 23.1 Å². The Balaban J connectivity index is 1.91. The van der Waals surface area contributed by atoms with Crippen LogP contribution in [-0.4, -0.2) is 39.4 Å². The van der Waals surface area contributed by atoms with Crippen molar-refractivity contribution in [3.8, 4) is 0 Å². The van der Waals surface area contributed by atoms with Crippen LogP contribution in [0, 0.1) is 0 Å². The molecule has 3 aromatic rings. The van der Waals surface area contributed by atoms with Gasteiger partial charge < -0.3 is 14.8 Å². The van der Waals surface area contributed by atoms with Gasteiger partial charge in [-0.2, -0.15) is 0 Å². The second-order valence-corrected chi connectivity index (χ2v) is 8.04. The summed E-state index contributed by atoms with van der Waals surface area (Å²) in [6.45, 7) is 10.3. The van der Waals surface area contributed by atoms with Gasteiger partial charge in [-0.15, -0.1) is 13.2 Å². The first-order valence-electron chi connectivity index (χ1n) is 9.95. The van der Waals surface area contributed by atoms with Crippen LogP contribution in [0.5, 0.6) is 0 Å². The van der Waals surface area contributed by atoms with Crippen molar-refractivity contribution < 1.29 is 9.59 Å². The van der Waals surface area contributed by atoms with Crippen molar-refractivity contribution in [1.82, 2.24) is 19.8 Å². The quantitative estimate of drug-likeness (QED) is 0.458. The van der Waals surface area contributed by atoms with Gasteiger partial charge in [0.1, 0.15) is 12.4 Å². The fourth-order valence-electron chi connectivity index (χ4n) is 3.39. The fourth-order valence-corrected chi connectivity index (χ4v) is 3.79. The lowest BCUT2D eigenvalue weighted by atomic mass is 10.2. The molecule has 7 heteroatoms. The Labute approximate surface area is 190 Å². The zero-order chi connectivity index (χ0) is 22.4. The molecule has 2 amide bonds. The van der Waals surface area contributed by atoms with Gasteiger partial charge >= 0.3 is 0 Å². The molecule has 6 nitrogen and oxygen atoms in total. The Hall–Kier alpha value is -3.19. The number of benzene rings is 2. The molecule has 31 heavy (non-hydrogen) atoms. The van der Waals surface area contributed by atoms with E-state index in [2.05, 4.69) is 34.4 Å². The molecule has 1 aromatic heterocycles. The van der Waals surface area contributed by atoms with Gasteiger partial charge in [0.2, 0.25) is 5.91 Å². The van der Waals surface area contributed by atoms with Crippen LogP contribution in [0.3, 0.4) is 0 Å². The van der Waals surface area contributed by atoms with E-state index < -0.39 is 6.04 Å². The Kier molecular flexibility index (Phi) is 7.41. The van der Waals surface area contributed by atoms with Gasteiger partial charge in [-0.3, -0.25) is 9.59 Å². The van der Waals surface area contributed by atoms with Gasteiger partial charge in [0.25, 0.3) is 5.91 Å². The van der Waals surface area contributed by atoms with Crippen molar-refractivity contribution in [3.05, 3.63) is 89.7 Å². The average Bonchev–Trinajstić information content (AvgIpc) is 3.12. The first kappa shape index (κ1) is 22.5. The lowest BCUT2D eigenvalue weighted by Gasteiger charge is -2.22. The van der Waals surface area contributed by atoms with E-state index in [9.17, 15) is 9.59 Å². The molecular weight excluding hydrogens is 456 g/mol. The van der Waals surface area contributed by atoms with Gasteiger partial charge in [-0.05, 0) is 37.3 Å². The Bertz CT molecular complexity index is 1110. The molecule has 0 saturated heterocycles. The number of carbonyl (C=O) groups excluding carboxylic acids is 2. The standard InChI is InChI=1S/C24H25BrN4O2/c1-4-13-28(14-5-2)22(30)16-29-21-12-7-6-11-20(21)27-23(29)17(3)26-24(31)18-9-8-10-19(25)15-18/h4-12,15,17H,1-2,13-14,16H2,3H3,(H,26,31). The van der Waals surface area contributed by atoms with Crippen molar-refractivity contribution in [2.45, 2.75) is 19.5 Å². The normalized spacial score (nSPS) is 11.7. The smallest absolute Gasteiger partial charge is 0.251 e. The molecule has 3 rings (SSSR count). The summed E-state index contributed by atoms with van der Waals surface area (Å²) in [6, 6.07) is 14.4. The largest absolute Gasteiger partial charge is 0.342 e. The molecule has 0 aliphatic carbocycles. The van der Waals surface area contributed by atoms with Crippen LogP contribution in [0.4, 0.5) is 0 Å². The van der Waals surface area contributed by atoms with E-state index in [1.165, 1.54) is 0 Å². The second kappa shape index (κ2) is 10.2. The highest BCUT2D eigenvalue weighted by Gasteiger charge is 2.22. The number of aromatic nitrogens is 2. The highest BCUT2D eigenvalue weighted by atomic mass is 79.9. The van der Waals surface area contributed by atoms with Crippen LogP contribution in [0.15, 0.2) is 78.3 Å². The summed E-state index contributed by atoms with van der Waals surface area (Å²) in [6.07, 6.45) is 3.38. The molecule has 0 radical (unpaired) electrons. The molecule has 0 spiro atoms. The third-order valence-electron chi connectivity index (χ3n) is 4.85. The Morgan fingerprint density at radius 1 is 1.16 bits per heavy atom.